The molecule has 0 spiro atoms. The molecule has 0 radical (unpaired) electrons. The van der Waals surface area contributed by atoms with Crippen LogP contribution in [-0.4, -0.2) is 25.6 Å². The molecule has 0 fully saturated rings. The SMILES string of the molecule is CN(CC(F)(F)F)c1ccc(C(F)(F)F)c(C(=N)N)c1. The predicted molar refractivity (Wildman–Crippen MR) is 61.8 cm³/mol. The maximum atomic E-state index is 12.7. The van der Waals surface area contributed by atoms with E-state index in [2.05, 4.69) is 0 Å². The van der Waals surface area contributed by atoms with Crippen LogP contribution in [0.5, 0.6) is 0 Å². The van der Waals surface area contributed by atoms with E-state index in [1.165, 1.54) is 0 Å². The molecule has 112 valence electrons. The van der Waals surface area contributed by atoms with Gasteiger partial charge in [0.2, 0.25) is 0 Å². The molecule has 0 atom stereocenters. The molecule has 1 aromatic rings. The maximum absolute atomic E-state index is 12.7. The quantitative estimate of drug-likeness (QED) is 0.512. The Balaban J connectivity index is 3.21. The van der Waals surface area contributed by atoms with E-state index in [0.717, 1.165) is 24.1 Å². The van der Waals surface area contributed by atoms with E-state index in [0.29, 0.717) is 6.07 Å². The number of halogens is 6. The second-order valence-electron chi connectivity index (χ2n) is 4.11. The minimum absolute atomic E-state index is 0.111. The molecule has 0 unspecified atom stereocenters. The van der Waals surface area contributed by atoms with Gasteiger partial charge in [-0.15, -0.1) is 0 Å². The Morgan fingerprint density at radius 3 is 2.15 bits per heavy atom. The van der Waals surface area contributed by atoms with Crippen LogP contribution in [0, 0.1) is 5.41 Å². The zero-order valence-corrected chi connectivity index (χ0v) is 10.2. The van der Waals surface area contributed by atoms with Gasteiger partial charge in [-0.05, 0) is 18.2 Å². The molecule has 1 aromatic carbocycles. The van der Waals surface area contributed by atoms with Crippen LogP contribution in [-0.2, 0) is 6.18 Å². The molecule has 0 aromatic heterocycles. The molecule has 0 aliphatic heterocycles. The molecule has 3 N–H and O–H groups in total. The summed E-state index contributed by atoms with van der Waals surface area (Å²) in [6, 6.07) is 2.33. The molecule has 0 amide bonds. The lowest BCUT2D eigenvalue weighted by atomic mass is 10.0. The van der Waals surface area contributed by atoms with Crippen LogP contribution < -0.4 is 10.6 Å². The molecule has 0 aliphatic carbocycles. The lowest BCUT2D eigenvalue weighted by Crippen LogP contribution is -2.31. The number of benzene rings is 1. The van der Waals surface area contributed by atoms with E-state index in [9.17, 15) is 26.3 Å². The third-order valence-electron chi connectivity index (χ3n) is 2.46. The number of hydrogen-bond acceptors (Lipinski definition) is 2. The van der Waals surface area contributed by atoms with Crippen LogP contribution in [0.15, 0.2) is 18.2 Å². The van der Waals surface area contributed by atoms with Crippen molar-refractivity contribution in [3.05, 3.63) is 29.3 Å². The second kappa shape index (κ2) is 5.22. The number of amidine groups is 1. The first-order valence-corrected chi connectivity index (χ1v) is 5.25. The van der Waals surface area contributed by atoms with E-state index in [1.54, 1.807) is 0 Å². The molecular weight excluding hydrogens is 288 g/mol. The highest BCUT2D eigenvalue weighted by atomic mass is 19.4. The van der Waals surface area contributed by atoms with Crippen LogP contribution >= 0.6 is 0 Å². The zero-order chi connectivity index (χ0) is 15.7. The lowest BCUT2D eigenvalue weighted by Gasteiger charge is -2.22. The maximum Gasteiger partial charge on any atom is 0.417 e. The fourth-order valence-corrected chi connectivity index (χ4v) is 1.60. The first-order valence-electron chi connectivity index (χ1n) is 5.25. The van der Waals surface area contributed by atoms with Crippen molar-refractivity contribution in [2.24, 2.45) is 5.73 Å². The third-order valence-corrected chi connectivity index (χ3v) is 2.46. The number of rotatable bonds is 3. The third kappa shape index (κ3) is 4.04. The van der Waals surface area contributed by atoms with Crippen molar-refractivity contribution in [3.8, 4) is 0 Å². The summed E-state index contributed by atoms with van der Waals surface area (Å²) in [5, 5.41) is 7.11. The van der Waals surface area contributed by atoms with Gasteiger partial charge in [0.15, 0.2) is 0 Å². The Hall–Kier alpha value is -1.93. The monoisotopic (exact) mass is 299 g/mol. The Kier molecular flexibility index (Phi) is 4.21. The normalized spacial score (nSPS) is 12.3. The lowest BCUT2D eigenvalue weighted by molar-refractivity contribution is -0.137. The number of anilines is 1. The molecular formula is C11H11F6N3. The van der Waals surface area contributed by atoms with E-state index < -0.39 is 35.9 Å². The largest absolute Gasteiger partial charge is 0.417 e. The van der Waals surface area contributed by atoms with Gasteiger partial charge in [-0.3, -0.25) is 5.41 Å². The second-order valence-corrected chi connectivity index (χ2v) is 4.11. The van der Waals surface area contributed by atoms with E-state index in [1.807, 2.05) is 0 Å². The van der Waals surface area contributed by atoms with Crippen LogP contribution in [0.4, 0.5) is 32.0 Å². The number of nitrogens with zero attached hydrogens (tertiary/aromatic N) is 1. The molecule has 0 heterocycles. The van der Waals surface area contributed by atoms with Gasteiger partial charge in [-0.1, -0.05) is 0 Å². The molecule has 20 heavy (non-hydrogen) atoms. The predicted octanol–water partition coefficient (Wildman–Crippen LogP) is 2.99. The van der Waals surface area contributed by atoms with E-state index in [-0.39, 0.29) is 5.69 Å². The number of alkyl halides is 6. The van der Waals surface area contributed by atoms with Crippen molar-refractivity contribution in [2.75, 3.05) is 18.5 Å². The molecule has 1 rings (SSSR count). The molecule has 0 aliphatic rings. The van der Waals surface area contributed by atoms with Crippen molar-refractivity contribution >= 4 is 11.5 Å². The Labute approximate surface area is 110 Å². The number of nitrogens with one attached hydrogen (secondary N) is 1. The number of nitrogens with two attached hydrogens (primary N) is 1. The molecule has 0 saturated carbocycles. The van der Waals surface area contributed by atoms with Gasteiger partial charge in [0.25, 0.3) is 0 Å². The van der Waals surface area contributed by atoms with E-state index >= 15 is 0 Å². The highest BCUT2D eigenvalue weighted by Gasteiger charge is 2.35. The van der Waals surface area contributed by atoms with Crippen molar-refractivity contribution in [3.63, 3.8) is 0 Å². The van der Waals surface area contributed by atoms with Gasteiger partial charge in [0.1, 0.15) is 12.4 Å². The van der Waals surface area contributed by atoms with Crippen molar-refractivity contribution < 1.29 is 26.3 Å². The average Bonchev–Trinajstić information content (AvgIpc) is 2.24. The van der Waals surface area contributed by atoms with Gasteiger partial charge in [-0.25, -0.2) is 0 Å². The molecule has 9 heteroatoms. The Bertz CT molecular complexity index is 506. The fraction of sp³-hybridized carbons (Fsp3) is 0.364. The summed E-state index contributed by atoms with van der Waals surface area (Å²) in [5.74, 6) is -0.861. The van der Waals surface area contributed by atoms with Crippen molar-refractivity contribution in [1.82, 2.24) is 0 Å². The number of nitrogen functional groups attached to an aromatic ring is 1. The van der Waals surface area contributed by atoms with Gasteiger partial charge in [0.05, 0.1) is 5.56 Å². The van der Waals surface area contributed by atoms with Gasteiger partial charge in [0, 0.05) is 18.3 Å². The van der Waals surface area contributed by atoms with Gasteiger partial charge < -0.3 is 10.6 Å². The summed E-state index contributed by atoms with van der Waals surface area (Å²) in [6.45, 7) is -1.32. The fourth-order valence-electron chi connectivity index (χ4n) is 1.60. The summed E-state index contributed by atoms with van der Waals surface area (Å²) in [5.41, 5.74) is 3.13. The number of hydrogen-bond donors (Lipinski definition) is 2. The molecule has 3 nitrogen and oxygen atoms in total. The summed E-state index contributed by atoms with van der Waals surface area (Å²) < 4.78 is 74.7. The van der Waals surface area contributed by atoms with E-state index in [4.69, 9.17) is 11.1 Å². The zero-order valence-electron chi connectivity index (χ0n) is 10.2. The van der Waals surface area contributed by atoms with Crippen molar-refractivity contribution in [2.45, 2.75) is 12.4 Å². The minimum Gasteiger partial charge on any atom is -0.384 e. The van der Waals surface area contributed by atoms with Gasteiger partial charge >= 0.3 is 12.4 Å². The van der Waals surface area contributed by atoms with Gasteiger partial charge in [-0.2, -0.15) is 26.3 Å². The van der Waals surface area contributed by atoms with Crippen LogP contribution in [0.2, 0.25) is 0 Å². The highest BCUT2D eigenvalue weighted by molar-refractivity contribution is 5.97. The minimum atomic E-state index is -4.73. The Morgan fingerprint density at radius 1 is 1.20 bits per heavy atom. The smallest absolute Gasteiger partial charge is 0.384 e. The first kappa shape index (κ1) is 16.1. The Morgan fingerprint density at radius 2 is 1.75 bits per heavy atom. The summed E-state index contributed by atoms with van der Waals surface area (Å²) >= 11 is 0. The summed E-state index contributed by atoms with van der Waals surface area (Å²) in [4.78, 5) is 0.729. The van der Waals surface area contributed by atoms with Crippen molar-refractivity contribution in [1.29, 1.82) is 5.41 Å². The van der Waals surface area contributed by atoms with Crippen LogP contribution in [0.1, 0.15) is 11.1 Å². The standard InChI is InChI=1S/C11H11F6N3/c1-20(5-10(12,13)14)6-2-3-8(11(15,16)17)7(4-6)9(18)19/h2-4H,5H2,1H3,(H3,18,19). The average molecular weight is 299 g/mol. The first-order chi connectivity index (χ1) is 8.92. The molecule has 0 bridgehead atoms. The van der Waals surface area contributed by atoms with Crippen LogP contribution in [0.3, 0.4) is 0 Å². The van der Waals surface area contributed by atoms with Crippen LogP contribution in [0.25, 0.3) is 0 Å². The summed E-state index contributed by atoms with van der Waals surface area (Å²) in [7, 11) is 1.08. The highest BCUT2D eigenvalue weighted by Crippen LogP contribution is 2.34. The summed E-state index contributed by atoms with van der Waals surface area (Å²) in [6.07, 6.45) is -9.23. The topological polar surface area (TPSA) is 53.1 Å². The molecule has 0 saturated heterocycles.